The van der Waals surface area contributed by atoms with Gasteiger partial charge in [0.05, 0.1) is 10.2 Å². The van der Waals surface area contributed by atoms with Crippen LogP contribution in [-0.4, -0.2) is 38.9 Å². The van der Waals surface area contributed by atoms with Gasteiger partial charge >= 0.3 is 11.9 Å². The topological polar surface area (TPSA) is 88.9 Å². The second kappa shape index (κ2) is 9.32. The number of esters is 1. The van der Waals surface area contributed by atoms with Crippen LogP contribution < -0.4 is 4.74 Å². The molecule has 1 aromatic heterocycles. The normalized spacial score (nSPS) is 16.5. The van der Waals surface area contributed by atoms with E-state index in [0.29, 0.717) is 28.0 Å². The maximum atomic E-state index is 12.0. The quantitative estimate of drug-likeness (QED) is 0.374. The lowest BCUT2D eigenvalue weighted by molar-refractivity contribution is -0.138. The average molecular weight is 407 g/mol. The summed E-state index contributed by atoms with van der Waals surface area (Å²) in [5.41, 5.74) is 0.788. The number of aliphatic carboxylic acids is 1. The molecule has 0 saturated carbocycles. The van der Waals surface area contributed by atoms with Gasteiger partial charge in [-0.3, -0.25) is 9.79 Å². The fourth-order valence-electron chi connectivity index (χ4n) is 2.73. The van der Waals surface area contributed by atoms with Crippen LogP contribution in [0.1, 0.15) is 50.5 Å². The minimum Gasteiger partial charge on any atom is -0.480 e. The molecule has 2 aromatic rings. The van der Waals surface area contributed by atoms with Crippen molar-refractivity contribution in [2.24, 2.45) is 4.99 Å². The highest BCUT2D eigenvalue weighted by Crippen LogP contribution is 2.31. The number of hydrogen-bond acceptors (Lipinski definition) is 7. The number of carbonyl (C=O) groups is 2. The molecule has 0 fully saturated rings. The Labute approximate surface area is 166 Å². The second-order valence-electron chi connectivity index (χ2n) is 6.39. The maximum Gasteiger partial charge on any atom is 0.329 e. The Balaban J connectivity index is 1.62. The van der Waals surface area contributed by atoms with Crippen LogP contribution in [0.5, 0.6) is 5.75 Å². The van der Waals surface area contributed by atoms with E-state index in [2.05, 4.69) is 16.9 Å². The summed E-state index contributed by atoms with van der Waals surface area (Å²) in [6, 6.07) is 4.66. The van der Waals surface area contributed by atoms with Gasteiger partial charge in [0.15, 0.2) is 6.04 Å². The highest BCUT2D eigenvalue weighted by Gasteiger charge is 2.26. The van der Waals surface area contributed by atoms with E-state index in [-0.39, 0.29) is 5.97 Å². The third kappa shape index (κ3) is 5.29. The summed E-state index contributed by atoms with van der Waals surface area (Å²) in [7, 11) is 0. The van der Waals surface area contributed by atoms with Crippen molar-refractivity contribution < 1.29 is 19.4 Å². The summed E-state index contributed by atoms with van der Waals surface area (Å²) in [6.07, 6.45) is 5.88. The largest absolute Gasteiger partial charge is 0.480 e. The molecular formula is C19H22N2O4S2. The summed E-state index contributed by atoms with van der Waals surface area (Å²) in [6.45, 7) is 2.16. The summed E-state index contributed by atoms with van der Waals surface area (Å²) in [5.74, 6) is -0.180. The third-order valence-corrected chi connectivity index (χ3v) is 6.40. The fourth-order valence-corrected chi connectivity index (χ4v) is 4.82. The van der Waals surface area contributed by atoms with E-state index in [1.807, 2.05) is 6.07 Å². The number of thiazole rings is 1. The monoisotopic (exact) mass is 406 g/mol. The number of aromatic nitrogens is 1. The molecule has 0 bridgehead atoms. The van der Waals surface area contributed by atoms with Crippen molar-refractivity contribution >= 4 is 50.3 Å². The molecular weight excluding hydrogens is 384 g/mol. The Morgan fingerprint density at radius 3 is 2.81 bits per heavy atom. The average Bonchev–Trinajstić information content (AvgIpc) is 3.28. The van der Waals surface area contributed by atoms with E-state index in [1.165, 1.54) is 35.9 Å². The molecule has 0 spiro atoms. The van der Waals surface area contributed by atoms with E-state index in [4.69, 9.17) is 9.84 Å². The van der Waals surface area contributed by atoms with Gasteiger partial charge in [-0.25, -0.2) is 9.78 Å². The number of hydrogen-bond donors (Lipinski definition) is 1. The molecule has 2 heterocycles. The van der Waals surface area contributed by atoms with Crippen LogP contribution in [-0.2, 0) is 9.59 Å². The number of fused-ring (bicyclic) bond motifs is 1. The van der Waals surface area contributed by atoms with Crippen LogP contribution in [0.3, 0.4) is 0 Å². The molecule has 1 atom stereocenters. The summed E-state index contributed by atoms with van der Waals surface area (Å²) >= 11 is 2.84. The standard InChI is InChI=1S/C19H22N2O4S2/c1-2-3-4-5-6-7-16(22)25-12-8-9-13-15(10-12)27-18(20-13)17-21-14(11-26-17)19(23)24/h8-10,14H,2-7,11H2,1H3,(H,23,24)/t14-/m1/s1. The van der Waals surface area contributed by atoms with E-state index in [9.17, 15) is 9.59 Å². The first-order valence-corrected chi connectivity index (χ1v) is 10.9. The Kier molecular flexibility index (Phi) is 6.84. The van der Waals surface area contributed by atoms with Gasteiger partial charge in [-0.2, -0.15) is 0 Å². The van der Waals surface area contributed by atoms with Gasteiger partial charge in [-0.15, -0.1) is 23.1 Å². The van der Waals surface area contributed by atoms with Crippen LogP contribution in [0.2, 0.25) is 0 Å². The summed E-state index contributed by atoms with van der Waals surface area (Å²) in [4.78, 5) is 31.8. The maximum absolute atomic E-state index is 12.0. The van der Waals surface area contributed by atoms with Crippen LogP contribution in [0.15, 0.2) is 23.2 Å². The Morgan fingerprint density at radius 1 is 1.26 bits per heavy atom. The van der Waals surface area contributed by atoms with Gasteiger partial charge in [-0.05, 0) is 18.6 Å². The molecule has 0 aliphatic carbocycles. The minimum absolute atomic E-state index is 0.212. The van der Waals surface area contributed by atoms with Crippen molar-refractivity contribution in [3.63, 3.8) is 0 Å². The number of carboxylic acid groups (broad SMARTS) is 1. The highest BCUT2D eigenvalue weighted by atomic mass is 32.2. The fraction of sp³-hybridized carbons (Fsp3) is 0.474. The minimum atomic E-state index is -0.914. The van der Waals surface area contributed by atoms with Crippen LogP contribution in [0, 0.1) is 0 Å². The predicted molar refractivity (Wildman–Crippen MR) is 109 cm³/mol. The molecule has 0 unspecified atom stereocenters. The summed E-state index contributed by atoms with van der Waals surface area (Å²) < 4.78 is 6.33. The van der Waals surface area contributed by atoms with Gasteiger partial charge in [-0.1, -0.05) is 32.6 Å². The predicted octanol–water partition coefficient (Wildman–Crippen LogP) is 4.51. The SMILES string of the molecule is CCCCCCCC(=O)Oc1ccc2nc(C3=N[C@@H](C(=O)O)CS3)sc2c1. The lowest BCUT2D eigenvalue weighted by Crippen LogP contribution is -2.17. The van der Waals surface area contributed by atoms with Crippen LogP contribution in [0.25, 0.3) is 10.2 Å². The molecule has 0 saturated heterocycles. The molecule has 144 valence electrons. The molecule has 1 aliphatic heterocycles. The van der Waals surface area contributed by atoms with Gasteiger partial charge in [0, 0.05) is 18.2 Å². The van der Waals surface area contributed by atoms with E-state index >= 15 is 0 Å². The molecule has 6 nitrogen and oxygen atoms in total. The third-order valence-electron chi connectivity index (χ3n) is 4.20. The van der Waals surface area contributed by atoms with Crippen molar-refractivity contribution in [1.82, 2.24) is 4.98 Å². The highest BCUT2D eigenvalue weighted by molar-refractivity contribution is 8.15. The zero-order chi connectivity index (χ0) is 19.2. The van der Waals surface area contributed by atoms with Crippen LogP contribution >= 0.6 is 23.1 Å². The first-order valence-electron chi connectivity index (χ1n) is 9.12. The van der Waals surface area contributed by atoms with Crippen molar-refractivity contribution in [3.8, 4) is 5.75 Å². The molecule has 1 aromatic carbocycles. The first-order chi connectivity index (χ1) is 13.1. The van der Waals surface area contributed by atoms with E-state index < -0.39 is 12.0 Å². The number of benzene rings is 1. The lowest BCUT2D eigenvalue weighted by atomic mass is 10.1. The number of rotatable bonds is 9. The van der Waals surface area contributed by atoms with Crippen molar-refractivity contribution in [3.05, 3.63) is 23.2 Å². The number of nitrogens with zero attached hydrogens (tertiary/aromatic N) is 2. The smallest absolute Gasteiger partial charge is 0.329 e. The number of ether oxygens (including phenoxy) is 1. The molecule has 0 amide bonds. The van der Waals surface area contributed by atoms with Gasteiger partial charge < -0.3 is 9.84 Å². The van der Waals surface area contributed by atoms with Crippen molar-refractivity contribution in [2.75, 3.05) is 5.75 Å². The van der Waals surface area contributed by atoms with Crippen molar-refractivity contribution in [2.45, 2.75) is 51.5 Å². The number of carbonyl (C=O) groups excluding carboxylic acids is 1. The molecule has 1 N–H and O–H groups in total. The van der Waals surface area contributed by atoms with Crippen molar-refractivity contribution in [1.29, 1.82) is 0 Å². The number of unbranched alkanes of at least 4 members (excludes halogenated alkanes) is 4. The number of aliphatic imine (C=N–C) groups is 1. The Morgan fingerprint density at radius 2 is 2.07 bits per heavy atom. The van der Waals surface area contributed by atoms with Gasteiger partial charge in [0.2, 0.25) is 0 Å². The molecule has 27 heavy (non-hydrogen) atoms. The molecule has 3 rings (SSSR count). The van der Waals surface area contributed by atoms with Crippen LogP contribution in [0.4, 0.5) is 0 Å². The Hall–Kier alpha value is -1.93. The van der Waals surface area contributed by atoms with E-state index in [0.717, 1.165) is 29.5 Å². The molecule has 1 aliphatic rings. The lowest BCUT2D eigenvalue weighted by Gasteiger charge is -2.04. The first kappa shape index (κ1) is 19.8. The number of carboxylic acids is 1. The summed E-state index contributed by atoms with van der Waals surface area (Å²) in [5, 5.41) is 10.4. The Bertz CT molecular complexity index is 863. The van der Waals surface area contributed by atoms with Gasteiger partial charge in [0.25, 0.3) is 0 Å². The number of thioether (sulfide) groups is 1. The molecule has 8 heteroatoms. The zero-order valence-corrected chi connectivity index (χ0v) is 16.8. The molecule has 0 radical (unpaired) electrons. The van der Waals surface area contributed by atoms with Gasteiger partial charge in [0.1, 0.15) is 15.8 Å². The zero-order valence-electron chi connectivity index (χ0n) is 15.1. The second-order valence-corrected chi connectivity index (χ2v) is 8.43. The van der Waals surface area contributed by atoms with E-state index in [1.54, 1.807) is 12.1 Å².